The molecular weight excluding hydrogens is 186 g/mol. The highest BCUT2D eigenvalue weighted by atomic mass is 16.5. The Balaban J connectivity index is 1.76. The van der Waals surface area contributed by atoms with Gasteiger partial charge in [-0.2, -0.15) is 0 Å². The summed E-state index contributed by atoms with van der Waals surface area (Å²) >= 11 is 0. The van der Waals surface area contributed by atoms with Crippen molar-refractivity contribution in [3.8, 4) is 0 Å². The molecule has 1 amide bonds. The average Bonchev–Trinajstić information content (AvgIpc) is 2.62. The molecule has 6 heteroatoms. The van der Waals surface area contributed by atoms with Crippen molar-refractivity contribution in [2.45, 2.75) is 12.5 Å². The summed E-state index contributed by atoms with van der Waals surface area (Å²) in [5.74, 6) is -0.00585. The van der Waals surface area contributed by atoms with Gasteiger partial charge in [0.25, 0.3) is 0 Å². The zero-order chi connectivity index (χ0) is 9.97. The minimum Gasteiger partial charge on any atom is -0.447 e. The number of β-lactam (4-membered cyclic amide) rings is 1. The monoisotopic (exact) mass is 195 g/mol. The van der Waals surface area contributed by atoms with Crippen molar-refractivity contribution in [1.82, 2.24) is 14.9 Å². The van der Waals surface area contributed by atoms with E-state index in [4.69, 9.17) is 4.74 Å². The van der Waals surface area contributed by atoms with Crippen LogP contribution >= 0.6 is 0 Å². The second-order valence-electron chi connectivity index (χ2n) is 3.02. The maximum absolute atomic E-state index is 11.2. The number of nitrogens with one attached hydrogen (secondary N) is 1. The second-order valence-corrected chi connectivity index (χ2v) is 3.02. The molecule has 1 aromatic heterocycles. The van der Waals surface area contributed by atoms with Crippen LogP contribution in [0.1, 0.15) is 6.42 Å². The van der Waals surface area contributed by atoms with Crippen LogP contribution in [0.5, 0.6) is 0 Å². The Bertz CT molecular complexity index is 339. The predicted octanol–water partition coefficient (Wildman–Crippen LogP) is -0.244. The zero-order valence-corrected chi connectivity index (χ0v) is 7.34. The summed E-state index contributed by atoms with van der Waals surface area (Å²) in [4.78, 5) is 25.4. The first-order valence-corrected chi connectivity index (χ1v) is 4.20. The van der Waals surface area contributed by atoms with Gasteiger partial charge in [0.05, 0.1) is 12.5 Å². The van der Waals surface area contributed by atoms with E-state index in [1.807, 2.05) is 0 Å². The van der Waals surface area contributed by atoms with Gasteiger partial charge in [-0.25, -0.2) is 14.3 Å². The molecule has 2 rings (SSSR count). The van der Waals surface area contributed by atoms with E-state index in [1.165, 1.54) is 23.3 Å². The number of amides is 1. The number of nitrogens with zero attached hydrogens (tertiary/aromatic N) is 2. The van der Waals surface area contributed by atoms with E-state index in [0.29, 0.717) is 6.42 Å². The summed E-state index contributed by atoms with van der Waals surface area (Å²) in [7, 11) is 0. The summed E-state index contributed by atoms with van der Waals surface area (Å²) in [6.45, 7) is 0.211. The largest absolute Gasteiger partial charge is 0.447 e. The molecule has 1 unspecified atom stereocenters. The van der Waals surface area contributed by atoms with Crippen molar-refractivity contribution in [3.05, 3.63) is 18.7 Å². The first-order chi connectivity index (χ1) is 6.75. The maximum atomic E-state index is 11.2. The van der Waals surface area contributed by atoms with Gasteiger partial charge in [-0.05, 0) is 0 Å². The Labute approximate surface area is 79.9 Å². The van der Waals surface area contributed by atoms with Gasteiger partial charge in [0, 0.05) is 12.4 Å². The van der Waals surface area contributed by atoms with Gasteiger partial charge in [-0.3, -0.25) is 4.79 Å². The van der Waals surface area contributed by atoms with E-state index in [0.717, 1.165) is 0 Å². The lowest BCUT2D eigenvalue weighted by atomic mass is 10.1. The topological polar surface area (TPSA) is 73.2 Å². The van der Waals surface area contributed by atoms with Gasteiger partial charge in [0.2, 0.25) is 5.91 Å². The van der Waals surface area contributed by atoms with E-state index in [9.17, 15) is 9.59 Å². The van der Waals surface area contributed by atoms with Gasteiger partial charge in [0.15, 0.2) is 0 Å². The highest BCUT2D eigenvalue weighted by molar-refractivity contribution is 5.83. The quantitative estimate of drug-likeness (QED) is 0.661. The zero-order valence-electron chi connectivity index (χ0n) is 7.34. The molecule has 0 bridgehead atoms. The number of ether oxygens (including phenoxy) is 1. The summed E-state index contributed by atoms with van der Waals surface area (Å²) < 4.78 is 6.14. The third kappa shape index (κ3) is 1.73. The van der Waals surface area contributed by atoms with Crippen LogP contribution in [0.4, 0.5) is 4.79 Å². The Morgan fingerprint density at radius 2 is 2.57 bits per heavy atom. The molecule has 1 aromatic rings. The molecule has 0 spiro atoms. The molecule has 74 valence electrons. The van der Waals surface area contributed by atoms with Crippen LogP contribution in [0.3, 0.4) is 0 Å². The van der Waals surface area contributed by atoms with E-state index < -0.39 is 6.09 Å². The molecule has 0 radical (unpaired) electrons. The Hall–Kier alpha value is -1.85. The third-order valence-corrected chi connectivity index (χ3v) is 1.92. The highest BCUT2D eigenvalue weighted by Gasteiger charge is 2.26. The van der Waals surface area contributed by atoms with E-state index in [2.05, 4.69) is 10.3 Å². The van der Waals surface area contributed by atoms with Gasteiger partial charge in [-0.15, -0.1) is 0 Å². The van der Waals surface area contributed by atoms with Crippen molar-refractivity contribution in [2.75, 3.05) is 6.61 Å². The van der Waals surface area contributed by atoms with Gasteiger partial charge < -0.3 is 10.1 Å². The van der Waals surface area contributed by atoms with Gasteiger partial charge in [0.1, 0.15) is 12.9 Å². The van der Waals surface area contributed by atoms with E-state index >= 15 is 0 Å². The molecule has 1 fully saturated rings. The molecule has 14 heavy (non-hydrogen) atoms. The van der Waals surface area contributed by atoms with Crippen molar-refractivity contribution >= 4 is 12.0 Å². The number of hydrogen-bond acceptors (Lipinski definition) is 4. The summed E-state index contributed by atoms with van der Waals surface area (Å²) in [6, 6.07) is -0.0324. The van der Waals surface area contributed by atoms with Gasteiger partial charge >= 0.3 is 6.09 Å². The smallest absolute Gasteiger partial charge is 0.419 e. The number of rotatable bonds is 2. The third-order valence-electron chi connectivity index (χ3n) is 1.92. The number of imidazole rings is 1. The minimum atomic E-state index is -0.483. The van der Waals surface area contributed by atoms with Crippen LogP contribution in [0.15, 0.2) is 18.7 Å². The minimum absolute atomic E-state index is 0.00585. The highest BCUT2D eigenvalue weighted by Crippen LogP contribution is 2.04. The lowest BCUT2D eigenvalue weighted by Gasteiger charge is -2.25. The lowest BCUT2D eigenvalue weighted by molar-refractivity contribution is -0.129. The molecule has 1 aliphatic heterocycles. The molecule has 1 N–H and O–H groups in total. The van der Waals surface area contributed by atoms with Crippen LogP contribution in [0, 0.1) is 0 Å². The van der Waals surface area contributed by atoms with Crippen molar-refractivity contribution in [3.63, 3.8) is 0 Å². The van der Waals surface area contributed by atoms with Crippen molar-refractivity contribution in [2.24, 2.45) is 0 Å². The molecule has 2 heterocycles. The van der Waals surface area contributed by atoms with Crippen molar-refractivity contribution in [1.29, 1.82) is 0 Å². The van der Waals surface area contributed by atoms with Gasteiger partial charge in [-0.1, -0.05) is 0 Å². The number of hydrogen-bond donors (Lipinski definition) is 1. The predicted molar refractivity (Wildman–Crippen MR) is 45.5 cm³/mol. The van der Waals surface area contributed by atoms with Crippen LogP contribution in [0.25, 0.3) is 0 Å². The Morgan fingerprint density at radius 1 is 1.79 bits per heavy atom. The summed E-state index contributed by atoms with van der Waals surface area (Å²) in [5, 5.41) is 2.60. The van der Waals surface area contributed by atoms with Crippen LogP contribution in [-0.2, 0) is 9.53 Å². The molecule has 1 saturated heterocycles. The molecule has 6 nitrogen and oxygen atoms in total. The number of carbonyl (C=O) groups excluding carboxylic acids is 2. The van der Waals surface area contributed by atoms with Crippen molar-refractivity contribution < 1.29 is 14.3 Å². The van der Waals surface area contributed by atoms with Crippen LogP contribution in [0.2, 0.25) is 0 Å². The summed E-state index contributed by atoms with van der Waals surface area (Å²) in [5.41, 5.74) is 0. The number of carbonyl (C=O) groups is 2. The molecule has 1 atom stereocenters. The lowest BCUT2D eigenvalue weighted by Crippen LogP contribution is -2.51. The molecule has 0 aliphatic carbocycles. The van der Waals surface area contributed by atoms with E-state index in [-0.39, 0.29) is 18.6 Å². The SMILES string of the molecule is O=C1CC(COC(=O)n2ccnc2)N1. The van der Waals surface area contributed by atoms with E-state index in [1.54, 1.807) is 0 Å². The first-order valence-electron chi connectivity index (χ1n) is 4.20. The maximum Gasteiger partial charge on any atom is 0.419 e. The average molecular weight is 195 g/mol. The normalized spacial score (nSPS) is 19.7. The number of aromatic nitrogens is 2. The summed E-state index contributed by atoms with van der Waals surface area (Å²) in [6.07, 6.45) is 4.30. The Kier molecular flexibility index (Phi) is 2.18. The molecule has 1 aliphatic rings. The Morgan fingerprint density at radius 3 is 3.14 bits per heavy atom. The first kappa shape index (κ1) is 8.74. The van der Waals surface area contributed by atoms with Crippen LogP contribution < -0.4 is 5.32 Å². The molecule has 0 saturated carbocycles. The van der Waals surface area contributed by atoms with Crippen LogP contribution in [-0.4, -0.2) is 34.2 Å². The fourth-order valence-corrected chi connectivity index (χ4v) is 1.14. The molecular formula is C8H9N3O3. The fourth-order valence-electron chi connectivity index (χ4n) is 1.14. The fraction of sp³-hybridized carbons (Fsp3) is 0.375. The second kappa shape index (κ2) is 3.49. The standard InChI is InChI=1S/C8H9N3O3/c12-7-3-6(10-7)4-14-8(13)11-2-1-9-5-11/h1-2,5-6H,3-4H2,(H,10,12). The molecule has 0 aromatic carbocycles.